The fraction of sp³-hybridized carbons (Fsp3) is 0.500. The molecule has 1 aliphatic rings. The molecule has 0 saturated carbocycles. The number of likely N-dealkylation sites (tertiary alicyclic amines) is 1. The van der Waals surface area contributed by atoms with Crippen molar-refractivity contribution in [1.29, 1.82) is 0 Å². The second-order valence-corrected chi connectivity index (χ2v) is 5.31. The molecule has 1 aromatic rings. The van der Waals surface area contributed by atoms with Crippen LogP contribution in [0.1, 0.15) is 29.6 Å². The maximum absolute atomic E-state index is 13.4. The summed E-state index contributed by atoms with van der Waals surface area (Å²) in [6.07, 6.45) is 2.66. The molecule has 1 fully saturated rings. The number of hydrogen-bond acceptors (Lipinski definition) is 2. The number of carbonyl (C=O) groups is 1. The predicted octanol–water partition coefficient (Wildman–Crippen LogP) is 2.71. The molecule has 0 aliphatic carbocycles. The predicted molar refractivity (Wildman–Crippen MR) is 71.7 cm³/mol. The Morgan fingerprint density at radius 1 is 1.53 bits per heavy atom. The zero-order chi connectivity index (χ0) is 13.8. The molecule has 1 aromatic carbocycles. The molecule has 1 unspecified atom stereocenters. The van der Waals surface area contributed by atoms with Crippen LogP contribution in [0.2, 0.25) is 5.02 Å². The van der Waals surface area contributed by atoms with E-state index in [0.29, 0.717) is 31.0 Å². The summed E-state index contributed by atoms with van der Waals surface area (Å²) in [5.74, 6) is -0.408. The van der Waals surface area contributed by atoms with Gasteiger partial charge in [0.2, 0.25) is 0 Å². The number of amides is 1. The van der Waals surface area contributed by atoms with Crippen LogP contribution < -0.4 is 0 Å². The second kappa shape index (κ2) is 6.35. The summed E-state index contributed by atoms with van der Waals surface area (Å²) >= 11 is 5.61. The molecular weight excluding hydrogens is 269 g/mol. The van der Waals surface area contributed by atoms with Crippen molar-refractivity contribution >= 4 is 17.5 Å². The zero-order valence-electron chi connectivity index (χ0n) is 10.6. The Morgan fingerprint density at radius 2 is 2.32 bits per heavy atom. The van der Waals surface area contributed by atoms with E-state index in [1.165, 1.54) is 12.1 Å². The lowest BCUT2D eigenvalue weighted by Gasteiger charge is -2.32. The van der Waals surface area contributed by atoms with Gasteiger partial charge in [-0.25, -0.2) is 4.39 Å². The SMILES string of the molecule is O=C(c1ccc(Cl)c(F)c1)N1CCCC(CCO)C1. The molecule has 2 rings (SSSR count). The molecule has 0 aromatic heterocycles. The van der Waals surface area contributed by atoms with E-state index >= 15 is 0 Å². The summed E-state index contributed by atoms with van der Waals surface area (Å²) in [6, 6.07) is 4.13. The van der Waals surface area contributed by atoms with Gasteiger partial charge in [-0.2, -0.15) is 0 Å². The topological polar surface area (TPSA) is 40.5 Å². The summed E-state index contributed by atoms with van der Waals surface area (Å²) in [5.41, 5.74) is 0.326. The van der Waals surface area contributed by atoms with Crippen molar-refractivity contribution in [2.45, 2.75) is 19.3 Å². The maximum Gasteiger partial charge on any atom is 0.253 e. The van der Waals surface area contributed by atoms with Crippen LogP contribution in [-0.2, 0) is 0 Å². The Bertz CT molecular complexity index is 465. The fourth-order valence-corrected chi connectivity index (χ4v) is 2.60. The lowest BCUT2D eigenvalue weighted by atomic mass is 9.94. The molecule has 3 nitrogen and oxygen atoms in total. The largest absolute Gasteiger partial charge is 0.396 e. The fourth-order valence-electron chi connectivity index (χ4n) is 2.48. The van der Waals surface area contributed by atoms with Crippen molar-refractivity contribution in [2.24, 2.45) is 5.92 Å². The van der Waals surface area contributed by atoms with E-state index < -0.39 is 5.82 Å². The van der Waals surface area contributed by atoms with Gasteiger partial charge < -0.3 is 10.0 Å². The van der Waals surface area contributed by atoms with E-state index in [9.17, 15) is 9.18 Å². The molecular formula is C14H17ClFNO2. The van der Waals surface area contributed by atoms with Crippen LogP contribution in [0.4, 0.5) is 4.39 Å². The van der Waals surface area contributed by atoms with Gasteiger partial charge in [0.25, 0.3) is 5.91 Å². The summed E-state index contributed by atoms with van der Waals surface area (Å²) in [7, 11) is 0. The number of hydrogen-bond donors (Lipinski definition) is 1. The van der Waals surface area contributed by atoms with Gasteiger partial charge >= 0.3 is 0 Å². The van der Waals surface area contributed by atoms with Gasteiger partial charge in [-0.15, -0.1) is 0 Å². The number of benzene rings is 1. The van der Waals surface area contributed by atoms with E-state index in [0.717, 1.165) is 12.8 Å². The number of aliphatic hydroxyl groups excluding tert-OH is 1. The third-order valence-corrected chi connectivity index (χ3v) is 3.82. The van der Waals surface area contributed by atoms with Gasteiger partial charge in [0.15, 0.2) is 0 Å². The van der Waals surface area contributed by atoms with Crippen LogP contribution in [0.3, 0.4) is 0 Å². The average Bonchev–Trinajstić information content (AvgIpc) is 2.42. The van der Waals surface area contributed by atoms with E-state index in [4.69, 9.17) is 16.7 Å². The Balaban J connectivity index is 2.08. The highest BCUT2D eigenvalue weighted by molar-refractivity contribution is 6.30. The molecule has 1 atom stereocenters. The maximum atomic E-state index is 13.4. The van der Waals surface area contributed by atoms with Crippen LogP contribution in [0.15, 0.2) is 18.2 Å². The lowest BCUT2D eigenvalue weighted by molar-refractivity contribution is 0.0653. The number of carbonyl (C=O) groups excluding carboxylic acids is 1. The van der Waals surface area contributed by atoms with Crippen LogP contribution in [-0.4, -0.2) is 35.6 Å². The van der Waals surface area contributed by atoms with Crippen molar-refractivity contribution < 1.29 is 14.3 Å². The Morgan fingerprint density at radius 3 is 3.00 bits per heavy atom. The van der Waals surface area contributed by atoms with E-state index in [2.05, 4.69) is 0 Å². The normalized spacial score (nSPS) is 19.5. The van der Waals surface area contributed by atoms with Gasteiger partial charge in [0, 0.05) is 25.3 Å². The lowest BCUT2D eigenvalue weighted by Crippen LogP contribution is -2.40. The molecule has 5 heteroatoms. The third-order valence-electron chi connectivity index (χ3n) is 3.51. The van der Waals surface area contributed by atoms with Crippen LogP contribution in [0.25, 0.3) is 0 Å². The molecule has 1 amide bonds. The summed E-state index contributed by atoms with van der Waals surface area (Å²) in [4.78, 5) is 14.0. The minimum Gasteiger partial charge on any atom is -0.396 e. The highest BCUT2D eigenvalue weighted by Crippen LogP contribution is 2.22. The second-order valence-electron chi connectivity index (χ2n) is 4.90. The number of rotatable bonds is 3. The van der Waals surface area contributed by atoms with E-state index in [1.54, 1.807) is 11.0 Å². The van der Waals surface area contributed by atoms with Crippen molar-refractivity contribution in [2.75, 3.05) is 19.7 Å². The smallest absolute Gasteiger partial charge is 0.253 e. The van der Waals surface area contributed by atoms with E-state index in [-0.39, 0.29) is 17.5 Å². The number of halogens is 2. The standard InChI is InChI=1S/C14H17ClFNO2/c15-12-4-3-11(8-13(12)16)14(19)17-6-1-2-10(9-17)5-7-18/h3-4,8,10,18H,1-2,5-7,9H2. The van der Waals surface area contributed by atoms with Crippen LogP contribution in [0.5, 0.6) is 0 Å². The molecule has 1 saturated heterocycles. The molecule has 1 N–H and O–H groups in total. The summed E-state index contributed by atoms with van der Waals surface area (Å²) in [5, 5.41) is 8.98. The van der Waals surface area contributed by atoms with Gasteiger partial charge in [-0.05, 0) is 43.4 Å². The number of nitrogens with zero attached hydrogens (tertiary/aromatic N) is 1. The molecule has 1 aliphatic heterocycles. The minimum absolute atomic E-state index is 0.0216. The first kappa shape index (κ1) is 14.3. The minimum atomic E-state index is -0.573. The number of piperidine rings is 1. The average molecular weight is 286 g/mol. The first-order chi connectivity index (χ1) is 9.11. The Hall–Kier alpha value is -1.13. The molecule has 104 valence electrons. The monoisotopic (exact) mass is 285 g/mol. The summed E-state index contributed by atoms with van der Waals surface area (Å²) in [6.45, 7) is 1.46. The quantitative estimate of drug-likeness (QED) is 0.928. The zero-order valence-corrected chi connectivity index (χ0v) is 11.4. The van der Waals surface area contributed by atoms with Gasteiger partial charge in [0.1, 0.15) is 5.82 Å². The van der Waals surface area contributed by atoms with E-state index in [1.807, 2.05) is 0 Å². The van der Waals surface area contributed by atoms with Gasteiger partial charge in [-0.1, -0.05) is 11.6 Å². The van der Waals surface area contributed by atoms with Gasteiger partial charge in [0.05, 0.1) is 5.02 Å². The van der Waals surface area contributed by atoms with Crippen molar-refractivity contribution in [1.82, 2.24) is 4.90 Å². The molecule has 0 radical (unpaired) electrons. The first-order valence-corrected chi connectivity index (χ1v) is 6.85. The third kappa shape index (κ3) is 3.45. The molecule has 1 heterocycles. The van der Waals surface area contributed by atoms with Gasteiger partial charge in [-0.3, -0.25) is 4.79 Å². The first-order valence-electron chi connectivity index (χ1n) is 6.47. The van der Waals surface area contributed by atoms with Crippen LogP contribution >= 0.6 is 11.6 Å². The summed E-state index contributed by atoms with van der Waals surface area (Å²) < 4.78 is 13.4. The molecule has 0 bridgehead atoms. The number of aliphatic hydroxyl groups is 1. The van der Waals surface area contributed by atoms with Crippen molar-refractivity contribution in [3.8, 4) is 0 Å². The van der Waals surface area contributed by atoms with Crippen molar-refractivity contribution in [3.05, 3.63) is 34.6 Å². The van der Waals surface area contributed by atoms with Crippen molar-refractivity contribution in [3.63, 3.8) is 0 Å². The highest BCUT2D eigenvalue weighted by Gasteiger charge is 2.24. The molecule has 0 spiro atoms. The highest BCUT2D eigenvalue weighted by atomic mass is 35.5. The Kier molecular flexibility index (Phi) is 4.77. The Labute approximate surface area is 117 Å². The van der Waals surface area contributed by atoms with Crippen LogP contribution in [0, 0.1) is 11.7 Å². The molecule has 19 heavy (non-hydrogen) atoms.